The number of halogens is 1. The van der Waals surface area contributed by atoms with Crippen molar-refractivity contribution in [3.05, 3.63) is 52.6 Å². The molecule has 0 aliphatic heterocycles. The van der Waals surface area contributed by atoms with Gasteiger partial charge in [0.1, 0.15) is 5.82 Å². The first-order valence-corrected chi connectivity index (χ1v) is 7.09. The molecule has 2 aromatic rings. The molecule has 2 atom stereocenters. The average molecular weight is 273 g/mol. The Morgan fingerprint density at radius 2 is 2.25 bits per heavy atom. The van der Waals surface area contributed by atoms with Crippen molar-refractivity contribution in [3.8, 4) is 0 Å². The molecule has 0 fully saturated rings. The Kier molecular flexibility index (Phi) is 3.34. The van der Waals surface area contributed by atoms with Crippen molar-refractivity contribution < 1.29 is 4.39 Å². The van der Waals surface area contributed by atoms with E-state index in [-0.39, 0.29) is 11.9 Å². The summed E-state index contributed by atoms with van der Waals surface area (Å²) in [6.45, 7) is 4.24. The van der Waals surface area contributed by atoms with Crippen LogP contribution in [0.3, 0.4) is 0 Å². The molecule has 4 heteroatoms. The van der Waals surface area contributed by atoms with Crippen LogP contribution < -0.4 is 5.32 Å². The molecular formula is C16H20FN3. The molecule has 1 aliphatic carbocycles. The molecule has 1 heterocycles. The van der Waals surface area contributed by atoms with E-state index in [9.17, 15) is 4.39 Å². The number of nitrogens with zero attached hydrogens (tertiary/aromatic N) is 2. The van der Waals surface area contributed by atoms with Crippen molar-refractivity contribution in [3.63, 3.8) is 0 Å². The molecule has 0 spiro atoms. The maximum atomic E-state index is 13.2. The van der Waals surface area contributed by atoms with Crippen LogP contribution in [0, 0.1) is 12.7 Å². The topological polar surface area (TPSA) is 29.9 Å². The highest BCUT2D eigenvalue weighted by Gasteiger charge is 2.25. The Balaban J connectivity index is 1.79. The first-order chi connectivity index (χ1) is 9.56. The van der Waals surface area contributed by atoms with Gasteiger partial charge in [0.05, 0.1) is 6.20 Å². The van der Waals surface area contributed by atoms with Gasteiger partial charge in [-0.05, 0) is 49.9 Å². The van der Waals surface area contributed by atoms with Crippen LogP contribution in [0.2, 0.25) is 0 Å². The number of aromatic nitrogens is 2. The Bertz CT molecular complexity index is 633. The molecule has 1 aromatic carbocycles. The Labute approximate surface area is 118 Å². The molecule has 0 saturated heterocycles. The van der Waals surface area contributed by atoms with E-state index >= 15 is 0 Å². The van der Waals surface area contributed by atoms with Gasteiger partial charge in [-0.1, -0.05) is 6.07 Å². The molecule has 0 saturated carbocycles. The zero-order chi connectivity index (χ0) is 14.3. The fourth-order valence-corrected chi connectivity index (χ4v) is 3.09. The second-order valence-electron chi connectivity index (χ2n) is 5.63. The largest absolute Gasteiger partial charge is 0.303 e. The molecule has 1 aliphatic rings. The number of nitrogens with one attached hydrogen (secondary N) is 1. The maximum Gasteiger partial charge on any atom is 0.123 e. The Morgan fingerprint density at radius 1 is 1.45 bits per heavy atom. The van der Waals surface area contributed by atoms with Crippen molar-refractivity contribution in [2.45, 2.75) is 38.8 Å². The van der Waals surface area contributed by atoms with Gasteiger partial charge in [-0.3, -0.25) is 4.68 Å². The van der Waals surface area contributed by atoms with E-state index in [1.165, 1.54) is 16.8 Å². The molecule has 106 valence electrons. The molecule has 1 aromatic heterocycles. The van der Waals surface area contributed by atoms with Crippen LogP contribution in [-0.4, -0.2) is 9.78 Å². The third-order valence-corrected chi connectivity index (χ3v) is 4.37. The van der Waals surface area contributed by atoms with Gasteiger partial charge in [-0.2, -0.15) is 5.10 Å². The van der Waals surface area contributed by atoms with Crippen molar-refractivity contribution in [1.29, 1.82) is 0 Å². The minimum absolute atomic E-state index is 0.138. The van der Waals surface area contributed by atoms with E-state index in [0.717, 1.165) is 18.4 Å². The van der Waals surface area contributed by atoms with Crippen molar-refractivity contribution in [1.82, 2.24) is 15.1 Å². The predicted octanol–water partition coefficient (Wildman–Crippen LogP) is 3.21. The molecule has 2 unspecified atom stereocenters. The third kappa shape index (κ3) is 2.24. The molecule has 0 radical (unpaired) electrons. The third-order valence-electron chi connectivity index (χ3n) is 4.37. The minimum atomic E-state index is -0.138. The summed E-state index contributed by atoms with van der Waals surface area (Å²) in [5.74, 6) is -0.138. The van der Waals surface area contributed by atoms with Gasteiger partial charge in [0, 0.05) is 30.4 Å². The summed E-state index contributed by atoms with van der Waals surface area (Å²) in [5.41, 5.74) is 4.78. The summed E-state index contributed by atoms with van der Waals surface area (Å²) in [5, 5.41) is 7.94. The van der Waals surface area contributed by atoms with Crippen molar-refractivity contribution >= 4 is 0 Å². The molecule has 0 bridgehead atoms. The fourth-order valence-electron chi connectivity index (χ4n) is 3.09. The standard InChI is InChI=1S/C16H20FN3/c1-10(15-9-18-20(3)11(15)2)19-16-7-4-12-8-13(17)5-6-14(12)16/h5-6,8-10,16,19H,4,7H2,1-3H3. The number of benzene rings is 1. The summed E-state index contributed by atoms with van der Waals surface area (Å²) in [6, 6.07) is 5.68. The molecule has 3 nitrogen and oxygen atoms in total. The summed E-state index contributed by atoms with van der Waals surface area (Å²) < 4.78 is 15.1. The van der Waals surface area contributed by atoms with E-state index in [2.05, 4.69) is 24.3 Å². The highest BCUT2D eigenvalue weighted by atomic mass is 19.1. The second kappa shape index (κ2) is 5.02. The van der Waals surface area contributed by atoms with E-state index in [1.807, 2.05) is 24.0 Å². The quantitative estimate of drug-likeness (QED) is 0.930. The highest BCUT2D eigenvalue weighted by Crippen LogP contribution is 2.33. The van der Waals surface area contributed by atoms with Gasteiger partial charge in [0.15, 0.2) is 0 Å². The highest BCUT2D eigenvalue weighted by molar-refractivity contribution is 5.35. The number of hydrogen-bond donors (Lipinski definition) is 1. The van der Waals surface area contributed by atoms with Crippen molar-refractivity contribution in [2.75, 3.05) is 0 Å². The lowest BCUT2D eigenvalue weighted by atomic mass is 10.0. The molecule has 0 amide bonds. The first kappa shape index (κ1) is 13.3. The SMILES string of the molecule is Cc1c(C(C)NC2CCc3cc(F)ccc32)cnn1C. The predicted molar refractivity (Wildman–Crippen MR) is 77.0 cm³/mol. The van der Waals surface area contributed by atoms with Crippen LogP contribution >= 0.6 is 0 Å². The zero-order valence-corrected chi connectivity index (χ0v) is 12.2. The van der Waals surface area contributed by atoms with Crippen LogP contribution in [0.1, 0.15) is 47.8 Å². The smallest absolute Gasteiger partial charge is 0.123 e. The van der Waals surface area contributed by atoms with Gasteiger partial charge >= 0.3 is 0 Å². The van der Waals surface area contributed by atoms with Crippen LogP contribution in [0.25, 0.3) is 0 Å². The fraction of sp³-hybridized carbons (Fsp3) is 0.438. The monoisotopic (exact) mass is 273 g/mol. The molecule has 20 heavy (non-hydrogen) atoms. The summed E-state index contributed by atoms with van der Waals surface area (Å²) in [4.78, 5) is 0. The van der Waals surface area contributed by atoms with Gasteiger partial charge < -0.3 is 5.32 Å². The maximum absolute atomic E-state index is 13.2. The Hall–Kier alpha value is -1.68. The summed E-state index contributed by atoms with van der Waals surface area (Å²) in [7, 11) is 1.96. The number of rotatable bonds is 3. The summed E-state index contributed by atoms with van der Waals surface area (Å²) >= 11 is 0. The van der Waals surface area contributed by atoms with Gasteiger partial charge in [0.25, 0.3) is 0 Å². The minimum Gasteiger partial charge on any atom is -0.303 e. The van der Waals surface area contributed by atoms with E-state index in [4.69, 9.17) is 0 Å². The number of hydrogen-bond acceptors (Lipinski definition) is 2. The number of fused-ring (bicyclic) bond motifs is 1. The molecule has 1 N–H and O–H groups in total. The number of aryl methyl sites for hydroxylation is 2. The van der Waals surface area contributed by atoms with Gasteiger partial charge in [-0.25, -0.2) is 4.39 Å². The van der Waals surface area contributed by atoms with Crippen molar-refractivity contribution in [2.24, 2.45) is 7.05 Å². The van der Waals surface area contributed by atoms with Crippen LogP contribution in [0.4, 0.5) is 4.39 Å². The summed E-state index contributed by atoms with van der Waals surface area (Å²) in [6.07, 6.45) is 3.90. The van der Waals surface area contributed by atoms with Crippen LogP contribution in [0.5, 0.6) is 0 Å². The van der Waals surface area contributed by atoms with E-state index in [1.54, 1.807) is 12.1 Å². The zero-order valence-electron chi connectivity index (χ0n) is 12.2. The lowest BCUT2D eigenvalue weighted by Crippen LogP contribution is -2.23. The normalized spacial score (nSPS) is 19.1. The first-order valence-electron chi connectivity index (χ1n) is 7.09. The van der Waals surface area contributed by atoms with E-state index < -0.39 is 0 Å². The average Bonchev–Trinajstić information content (AvgIpc) is 2.95. The van der Waals surface area contributed by atoms with Crippen LogP contribution in [-0.2, 0) is 13.5 Å². The second-order valence-corrected chi connectivity index (χ2v) is 5.63. The van der Waals surface area contributed by atoms with Gasteiger partial charge in [-0.15, -0.1) is 0 Å². The molecular weight excluding hydrogens is 253 g/mol. The lowest BCUT2D eigenvalue weighted by Gasteiger charge is -2.20. The lowest BCUT2D eigenvalue weighted by molar-refractivity contribution is 0.463. The van der Waals surface area contributed by atoms with E-state index in [0.29, 0.717) is 6.04 Å². The van der Waals surface area contributed by atoms with Crippen LogP contribution in [0.15, 0.2) is 24.4 Å². The molecule has 3 rings (SSSR count). The Morgan fingerprint density at radius 3 is 2.95 bits per heavy atom. The van der Waals surface area contributed by atoms with Gasteiger partial charge in [0.2, 0.25) is 0 Å².